The standard InChI is InChI=1S/C10H10N2O4/c11-4-3-7(13)9(14)8-6(10(15)16)2-1-5-12-8/h1-2,5,7,9,13-14H,3H2,(H,15,16). The minimum Gasteiger partial charge on any atom is -0.478 e. The number of aromatic nitrogens is 1. The highest BCUT2D eigenvalue weighted by atomic mass is 16.4. The molecule has 1 heterocycles. The molecular weight excluding hydrogens is 212 g/mol. The lowest BCUT2D eigenvalue weighted by molar-refractivity contribution is 0.0179. The summed E-state index contributed by atoms with van der Waals surface area (Å²) >= 11 is 0. The molecule has 16 heavy (non-hydrogen) atoms. The zero-order valence-corrected chi connectivity index (χ0v) is 8.24. The van der Waals surface area contributed by atoms with Crippen LogP contribution >= 0.6 is 0 Å². The third-order valence-electron chi connectivity index (χ3n) is 2.01. The first kappa shape index (κ1) is 12.1. The highest BCUT2D eigenvalue weighted by Gasteiger charge is 2.24. The molecule has 1 aromatic heterocycles. The van der Waals surface area contributed by atoms with Gasteiger partial charge in [-0.05, 0) is 12.1 Å². The first-order chi connectivity index (χ1) is 7.57. The Balaban J connectivity index is 3.04. The second-order valence-corrected chi connectivity index (χ2v) is 3.12. The number of carbonyl (C=O) groups is 1. The van der Waals surface area contributed by atoms with Crippen LogP contribution in [-0.2, 0) is 0 Å². The maximum absolute atomic E-state index is 10.8. The number of carboxylic acid groups (broad SMARTS) is 1. The fourth-order valence-corrected chi connectivity index (χ4v) is 1.22. The van der Waals surface area contributed by atoms with Crippen LogP contribution in [-0.4, -0.2) is 32.4 Å². The Labute approximate surface area is 91.4 Å². The minimum absolute atomic E-state index is 0.141. The van der Waals surface area contributed by atoms with Gasteiger partial charge in [0, 0.05) is 6.20 Å². The van der Waals surface area contributed by atoms with Crippen molar-refractivity contribution in [1.82, 2.24) is 4.98 Å². The van der Waals surface area contributed by atoms with E-state index in [2.05, 4.69) is 4.98 Å². The zero-order chi connectivity index (χ0) is 12.1. The van der Waals surface area contributed by atoms with Gasteiger partial charge in [0.2, 0.25) is 0 Å². The van der Waals surface area contributed by atoms with E-state index < -0.39 is 18.2 Å². The molecule has 0 saturated heterocycles. The fraction of sp³-hybridized carbons (Fsp3) is 0.300. The second kappa shape index (κ2) is 5.21. The summed E-state index contributed by atoms with van der Waals surface area (Å²) < 4.78 is 0. The lowest BCUT2D eigenvalue weighted by Crippen LogP contribution is -2.21. The number of hydrogen-bond acceptors (Lipinski definition) is 5. The molecule has 0 radical (unpaired) electrons. The van der Waals surface area contributed by atoms with E-state index in [1.165, 1.54) is 18.3 Å². The van der Waals surface area contributed by atoms with Gasteiger partial charge >= 0.3 is 5.97 Å². The Morgan fingerprint density at radius 3 is 2.81 bits per heavy atom. The number of pyridine rings is 1. The van der Waals surface area contributed by atoms with Gasteiger partial charge in [-0.2, -0.15) is 5.26 Å². The van der Waals surface area contributed by atoms with Crippen molar-refractivity contribution >= 4 is 5.97 Å². The molecule has 0 aromatic carbocycles. The smallest absolute Gasteiger partial charge is 0.337 e. The third kappa shape index (κ3) is 2.53. The third-order valence-corrected chi connectivity index (χ3v) is 2.01. The van der Waals surface area contributed by atoms with Gasteiger partial charge in [0.15, 0.2) is 0 Å². The van der Waals surface area contributed by atoms with E-state index >= 15 is 0 Å². The summed E-state index contributed by atoms with van der Waals surface area (Å²) in [6.45, 7) is 0. The van der Waals surface area contributed by atoms with Crippen LogP contribution in [0.4, 0.5) is 0 Å². The highest BCUT2D eigenvalue weighted by Crippen LogP contribution is 2.20. The summed E-state index contributed by atoms with van der Waals surface area (Å²) in [6.07, 6.45) is -1.81. The van der Waals surface area contributed by atoms with Crippen molar-refractivity contribution in [2.45, 2.75) is 18.6 Å². The predicted molar refractivity (Wildman–Crippen MR) is 52.4 cm³/mol. The Morgan fingerprint density at radius 1 is 1.56 bits per heavy atom. The van der Waals surface area contributed by atoms with E-state index in [9.17, 15) is 15.0 Å². The van der Waals surface area contributed by atoms with Crippen LogP contribution in [0.5, 0.6) is 0 Å². The normalized spacial score (nSPS) is 13.8. The van der Waals surface area contributed by atoms with Crippen molar-refractivity contribution in [3.05, 3.63) is 29.6 Å². The molecule has 0 aliphatic carbocycles. The van der Waals surface area contributed by atoms with E-state index in [1.807, 2.05) is 0 Å². The summed E-state index contributed by atoms with van der Waals surface area (Å²) in [6, 6.07) is 4.37. The van der Waals surface area contributed by atoms with Gasteiger partial charge in [-0.15, -0.1) is 0 Å². The van der Waals surface area contributed by atoms with Crippen LogP contribution in [0.3, 0.4) is 0 Å². The van der Waals surface area contributed by atoms with E-state index in [1.54, 1.807) is 6.07 Å². The van der Waals surface area contributed by atoms with Crippen molar-refractivity contribution in [2.24, 2.45) is 0 Å². The number of aromatic carboxylic acids is 1. The number of aliphatic hydroxyl groups excluding tert-OH is 2. The lowest BCUT2D eigenvalue weighted by Gasteiger charge is -2.16. The number of rotatable bonds is 4. The number of carboxylic acids is 1. The Hall–Kier alpha value is -1.97. The molecule has 84 valence electrons. The monoisotopic (exact) mass is 222 g/mol. The number of aliphatic hydroxyl groups is 2. The van der Waals surface area contributed by atoms with E-state index in [0.717, 1.165) is 0 Å². The average molecular weight is 222 g/mol. The summed E-state index contributed by atoms with van der Waals surface area (Å²) in [4.78, 5) is 14.5. The molecule has 6 heteroatoms. The summed E-state index contributed by atoms with van der Waals surface area (Å²) in [5.41, 5.74) is -0.329. The van der Waals surface area contributed by atoms with Crippen molar-refractivity contribution in [3.8, 4) is 6.07 Å². The first-order valence-electron chi connectivity index (χ1n) is 4.49. The van der Waals surface area contributed by atoms with Gasteiger partial charge < -0.3 is 15.3 Å². The molecule has 2 atom stereocenters. The number of hydrogen-bond donors (Lipinski definition) is 3. The van der Waals surface area contributed by atoms with Crippen LogP contribution in [0.25, 0.3) is 0 Å². The molecule has 0 aliphatic rings. The second-order valence-electron chi connectivity index (χ2n) is 3.12. The van der Waals surface area contributed by atoms with E-state index in [4.69, 9.17) is 10.4 Å². The number of nitrogens with zero attached hydrogens (tertiary/aromatic N) is 2. The van der Waals surface area contributed by atoms with Gasteiger partial charge in [0.1, 0.15) is 6.10 Å². The molecule has 1 aromatic rings. The molecule has 0 bridgehead atoms. The maximum atomic E-state index is 10.8. The molecule has 0 aliphatic heterocycles. The van der Waals surface area contributed by atoms with Crippen molar-refractivity contribution < 1.29 is 20.1 Å². The lowest BCUT2D eigenvalue weighted by atomic mass is 10.0. The van der Waals surface area contributed by atoms with Gasteiger partial charge in [-0.25, -0.2) is 4.79 Å². The van der Waals surface area contributed by atoms with Gasteiger partial charge in [-0.3, -0.25) is 4.98 Å². The summed E-state index contributed by atoms with van der Waals surface area (Å²) in [7, 11) is 0. The van der Waals surface area contributed by atoms with Crippen molar-refractivity contribution in [1.29, 1.82) is 5.26 Å². The largest absolute Gasteiger partial charge is 0.478 e. The fourth-order valence-electron chi connectivity index (χ4n) is 1.22. The quantitative estimate of drug-likeness (QED) is 0.665. The van der Waals surface area contributed by atoms with Crippen LogP contribution in [0.1, 0.15) is 28.6 Å². The number of nitriles is 1. The van der Waals surface area contributed by atoms with E-state index in [0.29, 0.717) is 0 Å². The van der Waals surface area contributed by atoms with Crippen LogP contribution < -0.4 is 0 Å². The summed E-state index contributed by atoms with van der Waals surface area (Å²) in [5.74, 6) is -1.24. The minimum atomic E-state index is -1.48. The molecule has 0 fully saturated rings. The maximum Gasteiger partial charge on any atom is 0.337 e. The van der Waals surface area contributed by atoms with Crippen LogP contribution in [0.2, 0.25) is 0 Å². The van der Waals surface area contributed by atoms with Gasteiger partial charge in [0.05, 0.1) is 29.9 Å². The average Bonchev–Trinajstić information content (AvgIpc) is 2.28. The van der Waals surface area contributed by atoms with Crippen LogP contribution in [0, 0.1) is 11.3 Å². The van der Waals surface area contributed by atoms with E-state index in [-0.39, 0.29) is 17.7 Å². The first-order valence-corrected chi connectivity index (χ1v) is 4.49. The predicted octanol–water partition coefficient (Wildman–Crippen LogP) is 0.0878. The van der Waals surface area contributed by atoms with Gasteiger partial charge in [-0.1, -0.05) is 0 Å². The van der Waals surface area contributed by atoms with Crippen molar-refractivity contribution in [2.75, 3.05) is 0 Å². The Kier molecular flexibility index (Phi) is 3.94. The molecule has 3 N–H and O–H groups in total. The molecule has 0 saturated carbocycles. The molecule has 6 nitrogen and oxygen atoms in total. The Morgan fingerprint density at radius 2 is 2.25 bits per heavy atom. The SMILES string of the molecule is N#CCC(O)C(O)c1ncccc1C(=O)O. The molecular formula is C10H10N2O4. The Bertz CT molecular complexity index is 427. The van der Waals surface area contributed by atoms with Crippen molar-refractivity contribution in [3.63, 3.8) is 0 Å². The molecule has 1 rings (SSSR count). The van der Waals surface area contributed by atoms with Crippen LogP contribution in [0.15, 0.2) is 18.3 Å². The zero-order valence-electron chi connectivity index (χ0n) is 8.24. The topological polar surface area (TPSA) is 114 Å². The summed E-state index contributed by atoms with van der Waals surface area (Å²) in [5, 5.41) is 36.2. The molecule has 0 spiro atoms. The molecule has 0 amide bonds. The van der Waals surface area contributed by atoms with Gasteiger partial charge in [0.25, 0.3) is 0 Å². The highest BCUT2D eigenvalue weighted by molar-refractivity contribution is 5.88. The molecule has 2 unspecified atom stereocenters.